The Labute approximate surface area is 95.1 Å². The molecular formula is C13H22OSi. The summed E-state index contributed by atoms with van der Waals surface area (Å²) in [4.78, 5) is 0. The van der Waals surface area contributed by atoms with Crippen LogP contribution in [0.1, 0.15) is 25.3 Å². The maximum absolute atomic E-state index is 5.41. The maximum atomic E-state index is 5.41. The first kappa shape index (κ1) is 12.5. The summed E-state index contributed by atoms with van der Waals surface area (Å²) in [6.45, 7) is 6.92. The van der Waals surface area contributed by atoms with E-state index in [1.54, 1.807) is 0 Å². The number of benzene rings is 1. The van der Waals surface area contributed by atoms with Crippen molar-refractivity contribution in [2.75, 3.05) is 7.11 Å². The van der Waals surface area contributed by atoms with Crippen LogP contribution < -0.4 is 0 Å². The number of ether oxygens (including phenoxy) is 1. The molecule has 84 valence electrons. The lowest BCUT2D eigenvalue weighted by Crippen LogP contribution is -2.27. The summed E-state index contributed by atoms with van der Waals surface area (Å²) < 4.78 is 5.41. The number of methoxy groups -OCH3 is 1. The van der Waals surface area contributed by atoms with Gasteiger partial charge in [0.25, 0.3) is 0 Å². The summed E-state index contributed by atoms with van der Waals surface area (Å²) in [5.74, 6) is 0.672. The van der Waals surface area contributed by atoms with Crippen molar-refractivity contribution >= 4 is 8.80 Å². The van der Waals surface area contributed by atoms with Crippen molar-refractivity contribution in [2.24, 2.45) is 0 Å². The maximum Gasteiger partial charge on any atom is 0.0688 e. The van der Waals surface area contributed by atoms with Crippen molar-refractivity contribution in [1.29, 1.82) is 0 Å². The van der Waals surface area contributed by atoms with Gasteiger partial charge in [0.05, 0.1) is 8.80 Å². The predicted molar refractivity (Wildman–Crippen MR) is 69.1 cm³/mol. The fraction of sp³-hybridized carbons (Fsp3) is 0.538. The van der Waals surface area contributed by atoms with Gasteiger partial charge in [0.15, 0.2) is 0 Å². The van der Waals surface area contributed by atoms with E-state index in [-0.39, 0.29) is 0 Å². The van der Waals surface area contributed by atoms with E-state index in [9.17, 15) is 0 Å². The van der Waals surface area contributed by atoms with Gasteiger partial charge in [0.1, 0.15) is 0 Å². The van der Waals surface area contributed by atoms with Gasteiger partial charge in [0.2, 0.25) is 0 Å². The van der Waals surface area contributed by atoms with Gasteiger partial charge < -0.3 is 4.74 Å². The third-order valence-electron chi connectivity index (χ3n) is 3.27. The van der Waals surface area contributed by atoms with E-state index >= 15 is 0 Å². The average molecular weight is 222 g/mol. The van der Waals surface area contributed by atoms with Crippen molar-refractivity contribution in [2.45, 2.75) is 38.1 Å². The largest absolute Gasteiger partial charge is 0.385 e. The van der Waals surface area contributed by atoms with Crippen molar-refractivity contribution < 1.29 is 4.74 Å². The van der Waals surface area contributed by atoms with Gasteiger partial charge in [-0.15, -0.1) is 0 Å². The summed E-state index contributed by atoms with van der Waals surface area (Å²) in [6.07, 6.45) is 0. The molecule has 1 aromatic carbocycles. The molecule has 0 aromatic heterocycles. The van der Waals surface area contributed by atoms with Gasteiger partial charge >= 0.3 is 0 Å². The quantitative estimate of drug-likeness (QED) is 0.695. The third-order valence-corrected chi connectivity index (χ3v) is 6.59. The molecule has 0 radical (unpaired) electrons. The van der Waals surface area contributed by atoms with Crippen molar-refractivity contribution in [3.63, 3.8) is 0 Å². The topological polar surface area (TPSA) is 9.23 Å². The normalized spacial score (nSPS) is 17.1. The zero-order valence-electron chi connectivity index (χ0n) is 10.2. The molecule has 15 heavy (non-hydrogen) atoms. The molecule has 0 amide bonds. The van der Waals surface area contributed by atoms with E-state index in [1.807, 2.05) is 7.11 Å². The molecule has 2 heteroatoms. The van der Waals surface area contributed by atoms with Crippen molar-refractivity contribution in [3.8, 4) is 0 Å². The molecule has 0 aliphatic carbocycles. The Bertz CT molecular complexity index is 273. The Morgan fingerprint density at radius 2 is 1.80 bits per heavy atom. The second-order valence-corrected chi connectivity index (χ2v) is 7.83. The predicted octanol–water partition coefficient (Wildman–Crippen LogP) is 3.22. The van der Waals surface area contributed by atoms with Crippen LogP contribution >= 0.6 is 0 Å². The minimum Gasteiger partial charge on any atom is -0.385 e. The highest BCUT2D eigenvalue weighted by Gasteiger charge is 2.17. The Morgan fingerprint density at radius 1 is 1.20 bits per heavy atom. The standard InChI is InChI=1S/C13H22OSi/c1-11(10-15(4)12(2)14-3)13-8-6-5-7-9-13/h5-9,11-12,15H,10H2,1-4H3. The lowest BCUT2D eigenvalue weighted by molar-refractivity contribution is 0.175. The van der Waals surface area contributed by atoms with Crippen LogP contribution in [0.2, 0.25) is 12.6 Å². The molecule has 0 spiro atoms. The van der Waals surface area contributed by atoms with Crippen LogP contribution in [0.5, 0.6) is 0 Å². The first-order valence-corrected chi connectivity index (χ1v) is 8.36. The van der Waals surface area contributed by atoms with Gasteiger partial charge in [-0.2, -0.15) is 0 Å². The van der Waals surface area contributed by atoms with E-state index in [1.165, 1.54) is 11.6 Å². The molecule has 3 unspecified atom stereocenters. The van der Waals surface area contributed by atoms with E-state index in [0.29, 0.717) is 11.6 Å². The van der Waals surface area contributed by atoms with Crippen LogP contribution in [0.3, 0.4) is 0 Å². The van der Waals surface area contributed by atoms with E-state index in [0.717, 1.165) is 0 Å². The summed E-state index contributed by atoms with van der Waals surface area (Å²) in [6, 6.07) is 12.1. The second-order valence-electron chi connectivity index (χ2n) is 4.47. The number of hydrogen-bond acceptors (Lipinski definition) is 1. The molecule has 0 aliphatic heterocycles. The average Bonchev–Trinajstić information content (AvgIpc) is 2.29. The summed E-state index contributed by atoms with van der Waals surface area (Å²) in [7, 11) is 1.07. The SMILES string of the molecule is COC(C)[SiH](C)CC(C)c1ccccc1. The van der Waals surface area contributed by atoms with Gasteiger partial charge in [-0.05, 0) is 18.4 Å². The molecule has 3 atom stereocenters. The molecule has 0 saturated carbocycles. The minimum atomic E-state index is -0.746. The highest BCUT2D eigenvalue weighted by Crippen LogP contribution is 2.22. The Hall–Kier alpha value is -0.603. The Balaban J connectivity index is 2.52. The summed E-state index contributed by atoms with van der Waals surface area (Å²) >= 11 is 0. The van der Waals surface area contributed by atoms with Gasteiger partial charge in [-0.3, -0.25) is 0 Å². The van der Waals surface area contributed by atoms with Gasteiger partial charge in [-0.25, -0.2) is 0 Å². The van der Waals surface area contributed by atoms with Crippen molar-refractivity contribution in [3.05, 3.63) is 35.9 Å². The fourth-order valence-electron chi connectivity index (χ4n) is 1.90. The highest BCUT2D eigenvalue weighted by molar-refractivity contribution is 6.58. The first-order chi connectivity index (χ1) is 7.15. The number of rotatable bonds is 5. The zero-order chi connectivity index (χ0) is 11.3. The molecule has 0 heterocycles. The Kier molecular flexibility index (Phi) is 5.06. The van der Waals surface area contributed by atoms with E-state index in [4.69, 9.17) is 4.74 Å². The molecule has 0 N–H and O–H groups in total. The lowest BCUT2D eigenvalue weighted by atomic mass is 10.0. The smallest absolute Gasteiger partial charge is 0.0688 e. The van der Waals surface area contributed by atoms with Gasteiger partial charge in [0, 0.05) is 12.8 Å². The van der Waals surface area contributed by atoms with E-state index < -0.39 is 8.80 Å². The van der Waals surface area contributed by atoms with Crippen LogP contribution in [-0.4, -0.2) is 21.6 Å². The van der Waals surface area contributed by atoms with Crippen LogP contribution in [0, 0.1) is 0 Å². The van der Waals surface area contributed by atoms with Crippen LogP contribution in [0.15, 0.2) is 30.3 Å². The molecule has 0 aliphatic rings. The van der Waals surface area contributed by atoms with Crippen LogP contribution in [-0.2, 0) is 4.74 Å². The highest BCUT2D eigenvalue weighted by atomic mass is 28.3. The van der Waals surface area contributed by atoms with Crippen LogP contribution in [0.4, 0.5) is 0 Å². The molecular weight excluding hydrogens is 200 g/mol. The van der Waals surface area contributed by atoms with Gasteiger partial charge in [-0.1, -0.05) is 49.8 Å². The molecule has 0 saturated heterocycles. The second kappa shape index (κ2) is 6.08. The first-order valence-electron chi connectivity index (χ1n) is 5.73. The van der Waals surface area contributed by atoms with Crippen LogP contribution in [0.25, 0.3) is 0 Å². The summed E-state index contributed by atoms with van der Waals surface area (Å²) in [5, 5.41) is 0. The Morgan fingerprint density at radius 3 is 2.33 bits per heavy atom. The minimum absolute atomic E-state index is 0.483. The summed E-state index contributed by atoms with van der Waals surface area (Å²) in [5.41, 5.74) is 1.94. The lowest BCUT2D eigenvalue weighted by Gasteiger charge is -2.21. The van der Waals surface area contributed by atoms with E-state index in [2.05, 4.69) is 50.7 Å². The molecule has 0 bridgehead atoms. The van der Waals surface area contributed by atoms with Crippen molar-refractivity contribution in [1.82, 2.24) is 0 Å². The third kappa shape index (κ3) is 3.80. The molecule has 1 aromatic rings. The number of hydrogen-bond donors (Lipinski definition) is 0. The fourth-order valence-corrected chi connectivity index (χ4v) is 4.13. The molecule has 0 fully saturated rings. The molecule has 1 rings (SSSR count). The zero-order valence-corrected chi connectivity index (χ0v) is 11.4. The molecule has 1 nitrogen and oxygen atoms in total. The monoisotopic (exact) mass is 222 g/mol.